The SMILES string of the molecule is COc1cc(/C=N\NC(=O)c2ccccc2[N+](=O)[O-])ccc1OS(=O)(=O)c1ccc(C)cc1. The Hall–Kier alpha value is -4.25. The van der Waals surface area contributed by atoms with Crippen molar-refractivity contribution in [1.82, 2.24) is 5.43 Å². The van der Waals surface area contributed by atoms with E-state index in [0.717, 1.165) is 5.56 Å². The lowest BCUT2D eigenvalue weighted by molar-refractivity contribution is -0.385. The molecule has 3 aromatic carbocycles. The van der Waals surface area contributed by atoms with Gasteiger partial charge in [-0.3, -0.25) is 14.9 Å². The first-order valence-electron chi connectivity index (χ1n) is 9.47. The topological polar surface area (TPSA) is 137 Å². The smallest absolute Gasteiger partial charge is 0.339 e. The normalized spacial score (nSPS) is 11.2. The van der Waals surface area contributed by atoms with Gasteiger partial charge in [0.2, 0.25) is 0 Å². The van der Waals surface area contributed by atoms with Gasteiger partial charge in [-0.2, -0.15) is 13.5 Å². The van der Waals surface area contributed by atoms with Gasteiger partial charge in [-0.15, -0.1) is 0 Å². The molecular formula is C22H19N3O7S. The van der Waals surface area contributed by atoms with Crippen LogP contribution in [-0.4, -0.2) is 32.6 Å². The van der Waals surface area contributed by atoms with Crippen molar-refractivity contribution in [2.45, 2.75) is 11.8 Å². The summed E-state index contributed by atoms with van der Waals surface area (Å²) in [7, 11) is -2.73. The number of carbonyl (C=O) groups excluding carboxylic acids is 1. The van der Waals surface area contributed by atoms with Gasteiger partial charge < -0.3 is 8.92 Å². The maximum Gasteiger partial charge on any atom is 0.339 e. The summed E-state index contributed by atoms with van der Waals surface area (Å²) in [6.07, 6.45) is 1.27. The number of hydrogen-bond acceptors (Lipinski definition) is 8. The van der Waals surface area contributed by atoms with E-state index in [-0.39, 0.29) is 27.6 Å². The maximum absolute atomic E-state index is 12.5. The summed E-state index contributed by atoms with van der Waals surface area (Å²) in [5, 5.41) is 14.8. The minimum Gasteiger partial charge on any atom is -0.493 e. The highest BCUT2D eigenvalue weighted by atomic mass is 32.2. The molecule has 0 unspecified atom stereocenters. The zero-order valence-electron chi connectivity index (χ0n) is 17.6. The predicted octanol–water partition coefficient (Wildman–Crippen LogP) is 3.44. The number of nitro groups is 1. The minimum absolute atomic E-state index is 0.00138. The summed E-state index contributed by atoms with van der Waals surface area (Å²) < 4.78 is 35.5. The largest absolute Gasteiger partial charge is 0.493 e. The monoisotopic (exact) mass is 469 g/mol. The highest BCUT2D eigenvalue weighted by Gasteiger charge is 2.20. The van der Waals surface area contributed by atoms with Crippen LogP contribution in [0.2, 0.25) is 0 Å². The van der Waals surface area contributed by atoms with Crippen LogP contribution in [0.15, 0.2) is 76.7 Å². The van der Waals surface area contributed by atoms with Crippen molar-refractivity contribution >= 4 is 27.9 Å². The van der Waals surface area contributed by atoms with Crippen molar-refractivity contribution in [2.24, 2.45) is 5.10 Å². The number of methoxy groups -OCH3 is 1. The fourth-order valence-corrected chi connectivity index (χ4v) is 3.69. The van der Waals surface area contributed by atoms with Gasteiger partial charge in [-0.05, 0) is 48.9 Å². The molecule has 1 N–H and O–H groups in total. The van der Waals surface area contributed by atoms with Gasteiger partial charge in [-0.25, -0.2) is 5.43 Å². The average Bonchev–Trinajstić information content (AvgIpc) is 2.80. The summed E-state index contributed by atoms with van der Waals surface area (Å²) in [6.45, 7) is 1.84. The van der Waals surface area contributed by atoms with Crippen LogP contribution in [0.4, 0.5) is 5.69 Å². The zero-order chi connectivity index (χ0) is 24.0. The molecule has 0 atom stereocenters. The molecule has 33 heavy (non-hydrogen) atoms. The van der Waals surface area contributed by atoms with Crippen molar-refractivity contribution in [3.05, 3.63) is 93.5 Å². The fourth-order valence-electron chi connectivity index (χ4n) is 2.76. The minimum atomic E-state index is -4.07. The molecule has 10 nitrogen and oxygen atoms in total. The second-order valence-electron chi connectivity index (χ2n) is 6.73. The zero-order valence-corrected chi connectivity index (χ0v) is 18.4. The van der Waals surface area contributed by atoms with Crippen LogP contribution in [0.3, 0.4) is 0 Å². The third kappa shape index (κ3) is 5.71. The van der Waals surface area contributed by atoms with Crippen LogP contribution in [-0.2, 0) is 10.1 Å². The quantitative estimate of drug-likeness (QED) is 0.231. The molecule has 0 aliphatic heterocycles. The molecule has 0 aromatic heterocycles. The first-order valence-corrected chi connectivity index (χ1v) is 10.9. The van der Waals surface area contributed by atoms with E-state index in [0.29, 0.717) is 5.56 Å². The number of hydrogen-bond donors (Lipinski definition) is 1. The number of nitrogens with zero attached hydrogens (tertiary/aromatic N) is 2. The van der Waals surface area contributed by atoms with Gasteiger partial charge in [-0.1, -0.05) is 29.8 Å². The Morgan fingerprint density at radius 3 is 2.42 bits per heavy atom. The number of carbonyl (C=O) groups is 1. The molecule has 0 fully saturated rings. The number of para-hydroxylation sites is 1. The molecule has 0 aliphatic rings. The van der Waals surface area contributed by atoms with Crippen molar-refractivity contribution in [1.29, 1.82) is 0 Å². The summed E-state index contributed by atoms with van der Waals surface area (Å²) >= 11 is 0. The second kappa shape index (κ2) is 9.92. The number of nitrogens with one attached hydrogen (secondary N) is 1. The molecular weight excluding hydrogens is 450 g/mol. The first kappa shape index (κ1) is 23.4. The summed E-state index contributed by atoms with van der Waals surface area (Å²) in [4.78, 5) is 22.6. The number of amides is 1. The number of nitro benzene ring substituents is 1. The molecule has 0 heterocycles. The van der Waals surface area contributed by atoms with E-state index in [1.54, 1.807) is 12.1 Å². The fraction of sp³-hybridized carbons (Fsp3) is 0.0909. The van der Waals surface area contributed by atoms with E-state index in [1.807, 2.05) is 6.92 Å². The molecule has 1 amide bonds. The lowest BCUT2D eigenvalue weighted by Gasteiger charge is -2.11. The Morgan fingerprint density at radius 2 is 1.76 bits per heavy atom. The number of aryl methyl sites for hydroxylation is 1. The first-order chi connectivity index (χ1) is 15.7. The van der Waals surface area contributed by atoms with E-state index in [2.05, 4.69) is 10.5 Å². The van der Waals surface area contributed by atoms with Gasteiger partial charge in [0.25, 0.3) is 11.6 Å². The van der Waals surface area contributed by atoms with Gasteiger partial charge in [0.05, 0.1) is 18.2 Å². The Morgan fingerprint density at radius 1 is 1.06 bits per heavy atom. The lowest BCUT2D eigenvalue weighted by Crippen LogP contribution is -2.18. The molecule has 3 rings (SSSR count). The van der Waals surface area contributed by atoms with E-state index in [4.69, 9.17) is 8.92 Å². The van der Waals surface area contributed by atoms with Gasteiger partial charge >= 0.3 is 10.1 Å². The molecule has 0 bridgehead atoms. The molecule has 0 aliphatic carbocycles. The lowest BCUT2D eigenvalue weighted by atomic mass is 10.2. The molecule has 11 heteroatoms. The van der Waals surface area contributed by atoms with E-state index < -0.39 is 20.9 Å². The van der Waals surface area contributed by atoms with E-state index in [9.17, 15) is 23.3 Å². The summed E-state index contributed by atoms with van der Waals surface area (Å²) in [5.74, 6) is -0.659. The molecule has 170 valence electrons. The molecule has 0 radical (unpaired) electrons. The number of ether oxygens (including phenoxy) is 1. The van der Waals surface area contributed by atoms with Crippen LogP contribution in [0.1, 0.15) is 21.5 Å². The van der Waals surface area contributed by atoms with E-state index in [1.165, 1.54) is 67.9 Å². The van der Waals surface area contributed by atoms with Crippen LogP contribution in [0, 0.1) is 17.0 Å². The molecule has 0 saturated carbocycles. The van der Waals surface area contributed by atoms with Gasteiger partial charge in [0.15, 0.2) is 11.5 Å². The number of hydrazone groups is 1. The molecule has 0 saturated heterocycles. The summed E-state index contributed by atoms with van der Waals surface area (Å²) in [5.41, 5.74) is 3.10. The standard InChI is InChI=1S/C22H19N3O7S/c1-15-7-10-17(11-8-15)33(29,30)32-20-12-9-16(13-21(20)31-2)14-23-24-22(26)18-5-3-4-6-19(18)25(27)28/h3-14H,1-2H3,(H,24,26)/b23-14-. The average molecular weight is 469 g/mol. The molecule has 3 aromatic rings. The predicted molar refractivity (Wildman–Crippen MR) is 120 cm³/mol. The third-order valence-electron chi connectivity index (χ3n) is 4.42. The maximum atomic E-state index is 12.5. The Bertz CT molecular complexity index is 1320. The van der Waals surface area contributed by atoms with Crippen LogP contribution in [0.25, 0.3) is 0 Å². The highest BCUT2D eigenvalue weighted by molar-refractivity contribution is 7.87. The van der Waals surface area contributed by atoms with Crippen molar-refractivity contribution in [3.63, 3.8) is 0 Å². The highest BCUT2D eigenvalue weighted by Crippen LogP contribution is 2.30. The second-order valence-corrected chi connectivity index (χ2v) is 8.28. The van der Waals surface area contributed by atoms with Gasteiger partial charge in [0.1, 0.15) is 10.5 Å². The molecule has 0 spiro atoms. The summed E-state index contributed by atoms with van der Waals surface area (Å²) in [6, 6.07) is 16.0. The van der Waals surface area contributed by atoms with Crippen LogP contribution in [0.5, 0.6) is 11.5 Å². The Balaban J connectivity index is 1.75. The van der Waals surface area contributed by atoms with Gasteiger partial charge in [0, 0.05) is 6.07 Å². The van der Waals surface area contributed by atoms with Crippen LogP contribution >= 0.6 is 0 Å². The van der Waals surface area contributed by atoms with Crippen molar-refractivity contribution in [3.8, 4) is 11.5 Å². The Labute approximate surface area is 189 Å². The third-order valence-corrected chi connectivity index (χ3v) is 5.67. The van der Waals surface area contributed by atoms with Crippen molar-refractivity contribution in [2.75, 3.05) is 7.11 Å². The number of rotatable bonds is 8. The number of benzene rings is 3. The Kier molecular flexibility index (Phi) is 7.04. The van der Waals surface area contributed by atoms with Crippen LogP contribution < -0.4 is 14.3 Å². The van der Waals surface area contributed by atoms with E-state index >= 15 is 0 Å². The van der Waals surface area contributed by atoms with Crippen molar-refractivity contribution < 1.29 is 27.1 Å².